The number of piperidine rings is 1. The number of carbonyl (C=O) groups excluding carboxylic acids is 1. The zero-order valence-corrected chi connectivity index (χ0v) is 14.2. The number of aryl methyl sites for hydroxylation is 2. The molecule has 1 aliphatic rings. The Labute approximate surface area is 137 Å². The molecule has 4 nitrogen and oxygen atoms in total. The summed E-state index contributed by atoms with van der Waals surface area (Å²) >= 11 is 0. The van der Waals surface area contributed by atoms with Gasteiger partial charge in [0.05, 0.1) is 6.07 Å². The average molecular weight is 309 g/mol. The van der Waals surface area contributed by atoms with Gasteiger partial charge in [0.25, 0.3) is 5.91 Å². The quantitative estimate of drug-likeness (QED) is 0.867. The Kier molecular flexibility index (Phi) is 3.68. The van der Waals surface area contributed by atoms with Gasteiger partial charge in [0, 0.05) is 28.7 Å². The molecule has 0 radical (unpaired) electrons. The third-order valence-electron chi connectivity index (χ3n) is 5.21. The molecule has 23 heavy (non-hydrogen) atoms. The van der Waals surface area contributed by atoms with E-state index < -0.39 is 0 Å². The number of aromatic nitrogens is 1. The number of nitrogens with zero attached hydrogens (tertiary/aromatic N) is 2. The van der Waals surface area contributed by atoms with Crippen molar-refractivity contribution in [2.45, 2.75) is 46.6 Å². The van der Waals surface area contributed by atoms with Crippen LogP contribution in [0.15, 0.2) is 18.2 Å². The Morgan fingerprint density at radius 2 is 2.13 bits per heavy atom. The van der Waals surface area contributed by atoms with Crippen molar-refractivity contribution in [2.75, 3.05) is 6.54 Å². The number of benzene rings is 1. The van der Waals surface area contributed by atoms with Gasteiger partial charge < -0.3 is 9.88 Å². The van der Waals surface area contributed by atoms with E-state index >= 15 is 0 Å². The number of aromatic amines is 1. The van der Waals surface area contributed by atoms with Crippen molar-refractivity contribution in [3.05, 3.63) is 35.0 Å². The molecule has 0 aliphatic carbocycles. The smallest absolute Gasteiger partial charge is 0.254 e. The molecule has 120 valence electrons. The van der Waals surface area contributed by atoms with Crippen LogP contribution in [-0.4, -0.2) is 28.4 Å². The van der Waals surface area contributed by atoms with Crippen LogP contribution in [0.25, 0.3) is 10.9 Å². The number of rotatable bonds is 1. The van der Waals surface area contributed by atoms with E-state index in [4.69, 9.17) is 0 Å². The number of likely N-dealkylation sites (tertiary alicyclic amines) is 1. The van der Waals surface area contributed by atoms with Gasteiger partial charge in [-0.3, -0.25) is 4.79 Å². The van der Waals surface area contributed by atoms with E-state index in [1.54, 1.807) is 4.90 Å². The molecule has 1 aliphatic heterocycles. The van der Waals surface area contributed by atoms with Crippen molar-refractivity contribution < 1.29 is 4.79 Å². The molecule has 1 aromatic heterocycles. The van der Waals surface area contributed by atoms with Gasteiger partial charge >= 0.3 is 0 Å². The molecule has 1 N–H and O–H groups in total. The maximum Gasteiger partial charge on any atom is 0.254 e. The molecular weight excluding hydrogens is 286 g/mol. The first kappa shape index (κ1) is 15.6. The lowest BCUT2D eigenvalue weighted by atomic mass is 9.77. The molecule has 2 aromatic rings. The summed E-state index contributed by atoms with van der Waals surface area (Å²) in [6, 6.07) is 7.74. The highest BCUT2D eigenvalue weighted by atomic mass is 16.2. The highest BCUT2D eigenvalue weighted by Crippen LogP contribution is 2.35. The first-order chi connectivity index (χ1) is 10.8. The maximum absolute atomic E-state index is 13.0. The second kappa shape index (κ2) is 5.42. The highest BCUT2D eigenvalue weighted by molar-refractivity contribution is 5.99. The molecule has 4 heteroatoms. The summed E-state index contributed by atoms with van der Waals surface area (Å²) in [5.41, 5.74) is 3.85. The molecule has 0 saturated carbocycles. The highest BCUT2D eigenvalue weighted by Gasteiger charge is 2.40. The minimum absolute atomic E-state index is 0.0375. The monoisotopic (exact) mass is 309 g/mol. The van der Waals surface area contributed by atoms with Gasteiger partial charge in [-0.1, -0.05) is 13.8 Å². The lowest BCUT2D eigenvalue weighted by Gasteiger charge is -2.42. The standard InChI is InChI=1S/C19H23N3O/c1-12-13(2)21-16-7-6-14(10-15(12)16)18(23)22-9-5-8-19(3,4)17(22)11-20/h6-7,10,17,21H,5,8-9H2,1-4H3. The summed E-state index contributed by atoms with van der Waals surface area (Å²) in [6.45, 7) is 8.90. The number of nitriles is 1. The van der Waals surface area contributed by atoms with Crippen molar-refractivity contribution >= 4 is 16.8 Å². The van der Waals surface area contributed by atoms with Crippen molar-refractivity contribution in [2.24, 2.45) is 5.41 Å². The Balaban J connectivity index is 1.99. The SMILES string of the molecule is Cc1[nH]c2ccc(C(=O)N3CCCC(C)(C)C3C#N)cc2c1C. The van der Waals surface area contributed by atoms with Crippen LogP contribution in [0.5, 0.6) is 0 Å². The van der Waals surface area contributed by atoms with Gasteiger partial charge in [0.2, 0.25) is 0 Å². The fraction of sp³-hybridized carbons (Fsp3) is 0.474. The molecule has 1 atom stereocenters. The first-order valence-corrected chi connectivity index (χ1v) is 8.14. The van der Waals surface area contributed by atoms with Crippen LogP contribution in [0.3, 0.4) is 0 Å². The van der Waals surface area contributed by atoms with Crippen LogP contribution < -0.4 is 0 Å². The van der Waals surface area contributed by atoms with Crippen LogP contribution >= 0.6 is 0 Å². The number of fused-ring (bicyclic) bond motifs is 1. The predicted molar refractivity (Wildman–Crippen MR) is 91.2 cm³/mol. The van der Waals surface area contributed by atoms with Crippen molar-refractivity contribution in [3.8, 4) is 6.07 Å². The number of hydrogen-bond acceptors (Lipinski definition) is 2. The number of amides is 1. The Morgan fingerprint density at radius 1 is 1.39 bits per heavy atom. The van der Waals surface area contributed by atoms with Crippen LogP contribution in [0.1, 0.15) is 48.3 Å². The molecule has 1 aromatic carbocycles. The minimum atomic E-state index is -0.367. The van der Waals surface area contributed by atoms with Crippen LogP contribution in [0.4, 0.5) is 0 Å². The zero-order valence-electron chi connectivity index (χ0n) is 14.2. The first-order valence-electron chi connectivity index (χ1n) is 8.14. The number of nitrogens with one attached hydrogen (secondary N) is 1. The second-order valence-electron chi connectivity index (χ2n) is 7.26. The van der Waals surface area contributed by atoms with Gasteiger partial charge in [-0.25, -0.2) is 0 Å². The molecule has 1 unspecified atom stereocenters. The van der Waals surface area contributed by atoms with Gasteiger partial charge in [0.1, 0.15) is 6.04 Å². The molecule has 1 amide bonds. The molecule has 2 heterocycles. The van der Waals surface area contributed by atoms with E-state index in [9.17, 15) is 10.1 Å². The summed E-state index contributed by atoms with van der Waals surface area (Å²) in [7, 11) is 0. The molecule has 1 fully saturated rings. The summed E-state index contributed by atoms with van der Waals surface area (Å²) < 4.78 is 0. The molecule has 3 rings (SSSR count). The van der Waals surface area contributed by atoms with Gasteiger partial charge in [-0.05, 0) is 55.9 Å². The van der Waals surface area contributed by atoms with Crippen LogP contribution in [0, 0.1) is 30.6 Å². The lowest BCUT2D eigenvalue weighted by molar-refractivity contribution is 0.0438. The van der Waals surface area contributed by atoms with E-state index in [0.717, 1.165) is 29.4 Å². The van der Waals surface area contributed by atoms with Gasteiger partial charge in [-0.2, -0.15) is 5.26 Å². The second-order valence-corrected chi connectivity index (χ2v) is 7.26. The van der Waals surface area contributed by atoms with Crippen molar-refractivity contribution in [1.29, 1.82) is 5.26 Å². The van der Waals surface area contributed by atoms with Crippen molar-refractivity contribution in [3.63, 3.8) is 0 Å². The molecular formula is C19H23N3O. The van der Waals surface area contributed by atoms with Crippen molar-refractivity contribution in [1.82, 2.24) is 9.88 Å². The predicted octanol–water partition coefficient (Wildman–Crippen LogP) is 3.94. The maximum atomic E-state index is 13.0. The van der Waals surface area contributed by atoms with Crippen LogP contribution in [-0.2, 0) is 0 Å². The minimum Gasteiger partial charge on any atom is -0.358 e. The largest absolute Gasteiger partial charge is 0.358 e. The summed E-state index contributed by atoms with van der Waals surface area (Å²) in [4.78, 5) is 18.1. The summed E-state index contributed by atoms with van der Waals surface area (Å²) in [5, 5.41) is 10.6. The third-order valence-corrected chi connectivity index (χ3v) is 5.21. The topological polar surface area (TPSA) is 59.9 Å². The van der Waals surface area contributed by atoms with E-state index in [1.165, 1.54) is 5.56 Å². The van der Waals surface area contributed by atoms with E-state index in [-0.39, 0.29) is 17.4 Å². The van der Waals surface area contributed by atoms with E-state index in [1.807, 2.05) is 25.1 Å². The number of H-pyrrole nitrogens is 1. The number of carbonyl (C=O) groups is 1. The summed E-state index contributed by atoms with van der Waals surface area (Å²) in [5.74, 6) is -0.0375. The average Bonchev–Trinajstić information content (AvgIpc) is 2.80. The van der Waals surface area contributed by atoms with Gasteiger partial charge in [0.15, 0.2) is 0 Å². The third kappa shape index (κ3) is 2.50. The normalized spacial score (nSPS) is 20.5. The zero-order chi connectivity index (χ0) is 16.8. The fourth-order valence-electron chi connectivity index (χ4n) is 3.62. The Bertz CT molecular complexity index is 810. The van der Waals surface area contributed by atoms with Gasteiger partial charge in [-0.15, -0.1) is 0 Å². The molecule has 1 saturated heterocycles. The van der Waals surface area contributed by atoms with E-state index in [0.29, 0.717) is 12.1 Å². The number of hydrogen-bond donors (Lipinski definition) is 1. The fourth-order valence-corrected chi connectivity index (χ4v) is 3.62. The van der Waals surface area contributed by atoms with E-state index in [2.05, 4.69) is 31.8 Å². The van der Waals surface area contributed by atoms with Crippen LogP contribution in [0.2, 0.25) is 0 Å². The lowest BCUT2D eigenvalue weighted by Crippen LogP contribution is -2.51. The Hall–Kier alpha value is -2.28. The summed E-state index contributed by atoms with van der Waals surface area (Å²) in [6.07, 6.45) is 1.92. The molecule has 0 spiro atoms. The Morgan fingerprint density at radius 3 is 2.83 bits per heavy atom. The molecule has 0 bridgehead atoms.